The molecule has 0 aliphatic heterocycles. The lowest BCUT2D eigenvalue weighted by Crippen LogP contribution is -2.31. The fourth-order valence-electron chi connectivity index (χ4n) is 0.609. The van der Waals surface area contributed by atoms with Crippen molar-refractivity contribution in [3.8, 4) is 0 Å². The Kier molecular flexibility index (Phi) is 3.95. The van der Waals surface area contributed by atoms with Crippen LogP contribution < -0.4 is 0 Å². The van der Waals surface area contributed by atoms with Crippen LogP contribution in [0.2, 0.25) is 0 Å². The lowest BCUT2D eigenvalue weighted by Gasteiger charge is -2.20. The van der Waals surface area contributed by atoms with Crippen LogP contribution in [0, 0.1) is 4.91 Å². The topological polar surface area (TPSA) is 52.9 Å². The van der Waals surface area contributed by atoms with E-state index in [1.165, 1.54) is 5.01 Å². The first-order valence-electron chi connectivity index (χ1n) is 3.36. The molecule has 0 amide bonds. The van der Waals surface area contributed by atoms with Crippen molar-refractivity contribution in [1.29, 1.82) is 0 Å². The number of aliphatic hydroxyl groups is 1. The predicted octanol–water partition coefficient (Wildman–Crippen LogP) is 0.759. The molecule has 1 atom stereocenters. The Morgan fingerprint density at radius 1 is 1.50 bits per heavy atom. The molecule has 0 fully saturated rings. The van der Waals surface area contributed by atoms with Gasteiger partial charge in [0.05, 0.1) is 17.9 Å². The second-order valence-corrected chi connectivity index (χ2v) is 2.65. The molecule has 60 valence electrons. The predicted molar refractivity (Wildman–Crippen MR) is 39.3 cm³/mol. The molecule has 0 aromatic carbocycles. The van der Waals surface area contributed by atoms with Gasteiger partial charge in [0.25, 0.3) is 0 Å². The third-order valence-electron chi connectivity index (χ3n) is 1.15. The highest BCUT2D eigenvalue weighted by Gasteiger charge is 2.09. The fourth-order valence-corrected chi connectivity index (χ4v) is 0.609. The Labute approximate surface area is 60.8 Å². The van der Waals surface area contributed by atoms with Gasteiger partial charge in [-0.05, 0) is 20.8 Å². The van der Waals surface area contributed by atoms with Crippen molar-refractivity contribution in [3.05, 3.63) is 4.91 Å². The summed E-state index contributed by atoms with van der Waals surface area (Å²) < 4.78 is 0. The van der Waals surface area contributed by atoms with Gasteiger partial charge in [0, 0.05) is 6.04 Å². The second kappa shape index (κ2) is 4.22. The van der Waals surface area contributed by atoms with Crippen molar-refractivity contribution < 1.29 is 5.11 Å². The highest BCUT2D eigenvalue weighted by molar-refractivity contribution is 4.59. The highest BCUT2D eigenvalue weighted by Crippen LogP contribution is 1.99. The van der Waals surface area contributed by atoms with E-state index >= 15 is 0 Å². The van der Waals surface area contributed by atoms with Crippen LogP contribution in [0.25, 0.3) is 0 Å². The van der Waals surface area contributed by atoms with Crippen LogP contribution in [0.15, 0.2) is 5.29 Å². The normalized spacial score (nSPS) is 13.3. The minimum Gasteiger partial charge on any atom is -0.392 e. The highest BCUT2D eigenvalue weighted by atomic mass is 16.3. The van der Waals surface area contributed by atoms with Crippen LogP contribution in [0.4, 0.5) is 0 Å². The molecule has 4 nitrogen and oxygen atoms in total. The Hall–Kier alpha value is -0.640. The summed E-state index contributed by atoms with van der Waals surface area (Å²) >= 11 is 0. The molecule has 0 aromatic rings. The molecule has 0 heterocycles. The molecule has 0 saturated carbocycles. The number of hydrogen-bond acceptors (Lipinski definition) is 3. The molecular weight excluding hydrogens is 132 g/mol. The first kappa shape index (κ1) is 9.36. The molecule has 0 aliphatic carbocycles. The molecule has 1 N–H and O–H groups in total. The van der Waals surface area contributed by atoms with E-state index in [0.717, 1.165) is 0 Å². The Morgan fingerprint density at radius 2 is 2.00 bits per heavy atom. The van der Waals surface area contributed by atoms with Gasteiger partial charge in [0.2, 0.25) is 0 Å². The number of aliphatic hydroxyl groups excluding tert-OH is 1. The van der Waals surface area contributed by atoms with Crippen LogP contribution >= 0.6 is 0 Å². The lowest BCUT2D eigenvalue weighted by molar-refractivity contribution is 0.109. The molecule has 0 rings (SSSR count). The van der Waals surface area contributed by atoms with Gasteiger partial charge in [-0.25, -0.2) is 0 Å². The van der Waals surface area contributed by atoms with Gasteiger partial charge in [-0.2, -0.15) is 0 Å². The Balaban J connectivity index is 3.71. The van der Waals surface area contributed by atoms with E-state index in [4.69, 9.17) is 5.11 Å². The molecule has 0 saturated heterocycles. The summed E-state index contributed by atoms with van der Waals surface area (Å²) in [5.41, 5.74) is 0. The quantitative estimate of drug-likeness (QED) is 0.470. The van der Waals surface area contributed by atoms with Gasteiger partial charge in [-0.3, -0.25) is 5.01 Å². The third kappa shape index (κ3) is 3.40. The van der Waals surface area contributed by atoms with Crippen LogP contribution in [-0.2, 0) is 0 Å². The fraction of sp³-hybridized carbons (Fsp3) is 1.00. The van der Waals surface area contributed by atoms with E-state index in [-0.39, 0.29) is 6.04 Å². The lowest BCUT2D eigenvalue weighted by atomic mass is 10.3. The van der Waals surface area contributed by atoms with Crippen LogP contribution in [-0.4, -0.2) is 28.8 Å². The first-order chi connectivity index (χ1) is 4.57. The minimum atomic E-state index is -0.500. The molecule has 0 spiro atoms. The molecule has 0 radical (unpaired) electrons. The summed E-state index contributed by atoms with van der Waals surface area (Å²) in [7, 11) is 0. The van der Waals surface area contributed by atoms with Gasteiger partial charge in [0.1, 0.15) is 0 Å². The van der Waals surface area contributed by atoms with Crippen molar-refractivity contribution in [2.75, 3.05) is 6.54 Å². The van der Waals surface area contributed by atoms with Crippen LogP contribution in [0.5, 0.6) is 0 Å². The zero-order valence-electron chi connectivity index (χ0n) is 6.61. The molecule has 10 heavy (non-hydrogen) atoms. The molecule has 1 unspecified atom stereocenters. The van der Waals surface area contributed by atoms with E-state index in [2.05, 4.69) is 5.29 Å². The molecule has 0 bridgehead atoms. The van der Waals surface area contributed by atoms with E-state index in [1.807, 2.05) is 13.8 Å². The summed E-state index contributed by atoms with van der Waals surface area (Å²) in [5.74, 6) is 0. The van der Waals surface area contributed by atoms with Gasteiger partial charge in [-0.1, -0.05) is 0 Å². The summed E-state index contributed by atoms with van der Waals surface area (Å²) in [6.45, 7) is 5.63. The average molecular weight is 146 g/mol. The smallest absolute Gasteiger partial charge is 0.0705 e. The van der Waals surface area contributed by atoms with E-state index in [9.17, 15) is 4.91 Å². The number of hydrogen-bond donors (Lipinski definition) is 1. The molecule has 0 aromatic heterocycles. The van der Waals surface area contributed by atoms with Gasteiger partial charge in [-0.15, -0.1) is 4.91 Å². The van der Waals surface area contributed by atoms with E-state index < -0.39 is 6.10 Å². The van der Waals surface area contributed by atoms with Crippen molar-refractivity contribution in [2.24, 2.45) is 5.29 Å². The van der Waals surface area contributed by atoms with Crippen LogP contribution in [0.1, 0.15) is 20.8 Å². The van der Waals surface area contributed by atoms with Crippen molar-refractivity contribution in [2.45, 2.75) is 32.9 Å². The molecule has 4 heteroatoms. The Morgan fingerprint density at radius 3 is 2.10 bits per heavy atom. The maximum absolute atomic E-state index is 10.0. The SMILES string of the molecule is CC(O)CN(N=O)C(C)C. The second-order valence-electron chi connectivity index (χ2n) is 2.65. The monoisotopic (exact) mass is 146 g/mol. The van der Waals surface area contributed by atoms with Crippen molar-refractivity contribution >= 4 is 0 Å². The van der Waals surface area contributed by atoms with Crippen LogP contribution in [0.3, 0.4) is 0 Å². The standard InChI is InChI=1S/C6H14N2O2/c1-5(2)8(7-10)4-6(3)9/h5-6,9H,4H2,1-3H3. The number of rotatable bonds is 4. The summed E-state index contributed by atoms with van der Waals surface area (Å²) in [5, 5.41) is 12.9. The van der Waals surface area contributed by atoms with Gasteiger partial charge in [0.15, 0.2) is 0 Å². The third-order valence-corrected chi connectivity index (χ3v) is 1.15. The number of nitroso groups, excluding NO2 is 1. The minimum absolute atomic E-state index is 0.0621. The summed E-state index contributed by atoms with van der Waals surface area (Å²) in [4.78, 5) is 10.0. The molecule has 0 aliphatic rings. The van der Waals surface area contributed by atoms with Gasteiger partial charge < -0.3 is 5.11 Å². The van der Waals surface area contributed by atoms with Gasteiger partial charge >= 0.3 is 0 Å². The van der Waals surface area contributed by atoms with E-state index in [1.54, 1.807) is 6.92 Å². The maximum Gasteiger partial charge on any atom is 0.0705 e. The molecular formula is C6H14N2O2. The largest absolute Gasteiger partial charge is 0.392 e. The summed E-state index contributed by atoms with van der Waals surface area (Å²) in [6, 6.07) is 0.0621. The summed E-state index contributed by atoms with van der Waals surface area (Å²) in [6.07, 6.45) is -0.500. The Bertz CT molecular complexity index is 104. The zero-order valence-corrected chi connectivity index (χ0v) is 6.61. The first-order valence-corrected chi connectivity index (χ1v) is 3.36. The van der Waals surface area contributed by atoms with Crippen molar-refractivity contribution in [3.63, 3.8) is 0 Å². The number of nitrogens with zero attached hydrogens (tertiary/aromatic N) is 2. The maximum atomic E-state index is 10.0. The van der Waals surface area contributed by atoms with Crippen molar-refractivity contribution in [1.82, 2.24) is 5.01 Å². The average Bonchev–Trinajstić information content (AvgIpc) is 1.81. The zero-order chi connectivity index (χ0) is 8.15. The van der Waals surface area contributed by atoms with E-state index in [0.29, 0.717) is 6.54 Å².